The van der Waals surface area contributed by atoms with E-state index in [0.717, 1.165) is 12.8 Å². The Kier molecular flexibility index (Phi) is 3.25. The second-order valence-corrected chi connectivity index (χ2v) is 7.43. The average Bonchev–Trinajstić information content (AvgIpc) is 3.30. The van der Waals surface area contributed by atoms with E-state index in [1.807, 2.05) is 6.07 Å². The minimum atomic E-state index is -3.73. The van der Waals surface area contributed by atoms with Gasteiger partial charge in [0, 0.05) is 24.6 Å². The molecule has 3 aromatic heterocycles. The third-order valence-electron chi connectivity index (χ3n) is 3.91. The summed E-state index contributed by atoms with van der Waals surface area (Å²) in [6.07, 6.45) is 6.23. The Balaban J connectivity index is 1.80. The minimum absolute atomic E-state index is 0.0865. The number of hydrogen-bond donors (Lipinski definition) is 0. The fraction of sp³-hybridized carbons (Fsp3) is 0.188. The molecule has 0 atom stereocenters. The van der Waals surface area contributed by atoms with Crippen LogP contribution >= 0.6 is 0 Å². The number of rotatable bonds is 4. The molecule has 0 aliphatic heterocycles. The molecule has 0 spiro atoms. The van der Waals surface area contributed by atoms with Crippen LogP contribution in [0.3, 0.4) is 0 Å². The molecule has 0 radical (unpaired) electrons. The molecular formula is C16H13N5O2S. The van der Waals surface area contributed by atoms with E-state index in [1.165, 1.54) is 16.6 Å². The number of fused-ring (bicyclic) bond motifs is 1. The molecule has 1 fully saturated rings. The smallest absolute Gasteiger partial charge is 0.247 e. The van der Waals surface area contributed by atoms with Gasteiger partial charge in [0.25, 0.3) is 10.0 Å². The molecule has 0 amide bonds. The van der Waals surface area contributed by atoms with Crippen molar-refractivity contribution in [3.05, 3.63) is 54.5 Å². The van der Waals surface area contributed by atoms with Crippen molar-refractivity contribution >= 4 is 21.4 Å². The first kappa shape index (κ1) is 14.7. The van der Waals surface area contributed by atoms with Crippen LogP contribution in [0.5, 0.6) is 0 Å². The Hall–Kier alpha value is -2.92. The van der Waals surface area contributed by atoms with Crippen molar-refractivity contribution in [3.63, 3.8) is 0 Å². The van der Waals surface area contributed by atoms with Gasteiger partial charge in [-0.15, -0.1) is 0 Å². The molecule has 1 saturated carbocycles. The molecule has 4 rings (SSSR count). The van der Waals surface area contributed by atoms with Crippen molar-refractivity contribution in [1.82, 2.24) is 14.6 Å². The summed E-state index contributed by atoms with van der Waals surface area (Å²) in [6, 6.07) is 9.94. The summed E-state index contributed by atoms with van der Waals surface area (Å²) in [7, 11) is -3.73. The Labute approximate surface area is 138 Å². The van der Waals surface area contributed by atoms with Crippen LogP contribution in [0.15, 0.2) is 53.8 Å². The predicted octanol–water partition coefficient (Wildman–Crippen LogP) is 1.96. The number of nitrogens with zero attached hydrogens (tertiary/aromatic N) is 5. The van der Waals surface area contributed by atoms with Crippen molar-refractivity contribution in [2.24, 2.45) is 0 Å². The Morgan fingerprint density at radius 2 is 2.08 bits per heavy atom. The molecule has 8 heteroatoms. The fourth-order valence-corrected chi connectivity index (χ4v) is 4.26. The highest BCUT2D eigenvalue weighted by Crippen LogP contribution is 2.35. The van der Waals surface area contributed by atoms with Gasteiger partial charge in [-0.2, -0.15) is 10.4 Å². The Morgan fingerprint density at radius 1 is 1.25 bits per heavy atom. The van der Waals surface area contributed by atoms with Gasteiger partial charge in [0.1, 0.15) is 11.9 Å². The van der Waals surface area contributed by atoms with E-state index >= 15 is 0 Å². The van der Waals surface area contributed by atoms with Gasteiger partial charge < -0.3 is 0 Å². The highest BCUT2D eigenvalue weighted by Gasteiger charge is 2.39. The van der Waals surface area contributed by atoms with E-state index in [1.54, 1.807) is 41.2 Å². The zero-order valence-electron chi connectivity index (χ0n) is 12.6. The molecule has 0 bridgehead atoms. The topological polar surface area (TPSA) is 91.4 Å². The molecule has 7 nitrogen and oxygen atoms in total. The molecule has 24 heavy (non-hydrogen) atoms. The molecule has 0 N–H and O–H groups in total. The lowest BCUT2D eigenvalue weighted by molar-refractivity contribution is 0.589. The highest BCUT2D eigenvalue weighted by atomic mass is 32.2. The number of aromatic nitrogens is 3. The molecular weight excluding hydrogens is 326 g/mol. The van der Waals surface area contributed by atoms with Gasteiger partial charge in [0.15, 0.2) is 0 Å². The first-order valence-electron chi connectivity index (χ1n) is 7.43. The summed E-state index contributed by atoms with van der Waals surface area (Å²) >= 11 is 0. The lowest BCUT2D eigenvalue weighted by atomic mass is 10.3. The summed E-state index contributed by atoms with van der Waals surface area (Å²) in [6.45, 7) is 0. The summed E-state index contributed by atoms with van der Waals surface area (Å²) in [4.78, 5) is 4.36. The number of sulfonamides is 1. The molecule has 3 aromatic rings. The first-order valence-corrected chi connectivity index (χ1v) is 8.87. The molecule has 0 aromatic carbocycles. The maximum absolute atomic E-state index is 13.1. The van der Waals surface area contributed by atoms with E-state index in [-0.39, 0.29) is 10.9 Å². The van der Waals surface area contributed by atoms with Gasteiger partial charge in [0.05, 0.1) is 16.0 Å². The van der Waals surface area contributed by atoms with Gasteiger partial charge >= 0.3 is 0 Å². The van der Waals surface area contributed by atoms with E-state index in [2.05, 4.69) is 10.1 Å². The third-order valence-corrected chi connectivity index (χ3v) is 5.76. The van der Waals surface area contributed by atoms with Crippen LogP contribution in [-0.2, 0) is 10.0 Å². The van der Waals surface area contributed by atoms with Gasteiger partial charge in [-0.3, -0.25) is 0 Å². The van der Waals surface area contributed by atoms with Gasteiger partial charge in [-0.1, -0.05) is 0 Å². The Morgan fingerprint density at radius 3 is 2.75 bits per heavy atom. The van der Waals surface area contributed by atoms with Crippen LogP contribution in [0.2, 0.25) is 0 Å². The van der Waals surface area contributed by atoms with Gasteiger partial charge in [-0.25, -0.2) is 22.2 Å². The largest absolute Gasteiger partial charge is 0.265 e. The van der Waals surface area contributed by atoms with Crippen LogP contribution in [0.1, 0.15) is 18.4 Å². The van der Waals surface area contributed by atoms with Crippen LogP contribution in [0.4, 0.5) is 5.82 Å². The summed E-state index contributed by atoms with van der Waals surface area (Å²) in [5.41, 5.74) is 1.10. The molecule has 1 aliphatic rings. The number of pyridine rings is 2. The molecule has 120 valence electrons. The van der Waals surface area contributed by atoms with E-state index in [9.17, 15) is 8.42 Å². The minimum Gasteiger partial charge on any atom is -0.247 e. The van der Waals surface area contributed by atoms with Crippen LogP contribution in [0.25, 0.3) is 5.52 Å². The van der Waals surface area contributed by atoms with Gasteiger partial charge in [-0.05, 0) is 43.2 Å². The van der Waals surface area contributed by atoms with Crippen molar-refractivity contribution in [1.29, 1.82) is 5.26 Å². The van der Waals surface area contributed by atoms with Crippen LogP contribution < -0.4 is 4.31 Å². The van der Waals surface area contributed by atoms with E-state index in [0.29, 0.717) is 16.9 Å². The van der Waals surface area contributed by atoms with E-state index < -0.39 is 10.0 Å². The number of nitriles is 1. The maximum Gasteiger partial charge on any atom is 0.265 e. The van der Waals surface area contributed by atoms with Crippen molar-refractivity contribution in [3.8, 4) is 6.07 Å². The molecule has 1 aliphatic carbocycles. The van der Waals surface area contributed by atoms with Crippen molar-refractivity contribution in [2.45, 2.75) is 23.8 Å². The number of hydrogen-bond acceptors (Lipinski definition) is 5. The standard InChI is InChI=1S/C16H13N5O2S/c17-10-12-1-4-16(18-11-12)21(13-2-3-13)24(22,23)15-6-8-20-14(9-15)5-7-19-20/h1,4-9,11,13H,2-3H2. The normalized spacial score (nSPS) is 14.5. The third kappa shape index (κ3) is 2.39. The zero-order valence-corrected chi connectivity index (χ0v) is 13.4. The first-order chi connectivity index (χ1) is 11.6. The fourth-order valence-electron chi connectivity index (χ4n) is 2.57. The summed E-state index contributed by atoms with van der Waals surface area (Å²) in [5, 5.41) is 13.0. The quantitative estimate of drug-likeness (QED) is 0.724. The molecule has 3 heterocycles. The summed E-state index contributed by atoms with van der Waals surface area (Å²) in [5.74, 6) is 0.338. The van der Waals surface area contributed by atoms with Crippen molar-refractivity contribution in [2.75, 3.05) is 4.31 Å². The second kappa shape index (κ2) is 5.32. The lowest BCUT2D eigenvalue weighted by Crippen LogP contribution is -2.33. The molecule has 0 unspecified atom stereocenters. The van der Waals surface area contributed by atoms with Crippen LogP contribution in [-0.4, -0.2) is 29.1 Å². The van der Waals surface area contributed by atoms with E-state index in [4.69, 9.17) is 5.26 Å². The SMILES string of the molecule is N#Cc1ccc(N(C2CC2)S(=O)(=O)c2ccn3nccc3c2)nc1. The predicted molar refractivity (Wildman–Crippen MR) is 86.8 cm³/mol. The van der Waals surface area contributed by atoms with Crippen molar-refractivity contribution < 1.29 is 8.42 Å². The monoisotopic (exact) mass is 339 g/mol. The maximum atomic E-state index is 13.1. The lowest BCUT2D eigenvalue weighted by Gasteiger charge is -2.23. The van der Waals surface area contributed by atoms with Crippen LogP contribution in [0, 0.1) is 11.3 Å². The Bertz CT molecular complexity index is 1050. The molecule has 0 saturated heterocycles. The van der Waals surface area contributed by atoms with Gasteiger partial charge in [0.2, 0.25) is 0 Å². The summed E-state index contributed by atoms with van der Waals surface area (Å²) < 4.78 is 29.2. The second-order valence-electron chi connectivity index (χ2n) is 5.61. The highest BCUT2D eigenvalue weighted by molar-refractivity contribution is 7.92. The zero-order chi connectivity index (χ0) is 16.7. The number of anilines is 1. The average molecular weight is 339 g/mol.